The van der Waals surface area contributed by atoms with E-state index in [0.29, 0.717) is 23.1 Å². The third kappa shape index (κ3) is 2.89. The molecule has 1 amide bonds. The highest BCUT2D eigenvalue weighted by Crippen LogP contribution is 2.26. The Balaban J connectivity index is 1.84. The number of halogens is 1. The number of hydrogen-bond acceptors (Lipinski definition) is 4. The van der Waals surface area contributed by atoms with Crippen LogP contribution in [-0.2, 0) is 13.0 Å². The average Bonchev–Trinajstić information content (AvgIpc) is 2.96. The summed E-state index contributed by atoms with van der Waals surface area (Å²) in [4.78, 5) is 20.2. The number of fused-ring (bicyclic) bond motifs is 1. The summed E-state index contributed by atoms with van der Waals surface area (Å²) in [6.45, 7) is 4.10. The molecule has 0 aromatic carbocycles. The van der Waals surface area contributed by atoms with Crippen molar-refractivity contribution in [2.45, 2.75) is 19.9 Å². The predicted molar refractivity (Wildman–Crippen MR) is 86.2 cm³/mol. The van der Waals surface area contributed by atoms with E-state index in [1.165, 1.54) is 10.4 Å². The van der Waals surface area contributed by atoms with Gasteiger partial charge in [-0.1, -0.05) is 11.6 Å². The summed E-state index contributed by atoms with van der Waals surface area (Å²) in [6, 6.07) is 5.60. The smallest absolute Gasteiger partial charge is 0.274 e. The van der Waals surface area contributed by atoms with E-state index < -0.39 is 0 Å². The first-order valence-corrected chi connectivity index (χ1v) is 8.19. The second kappa shape index (κ2) is 6.03. The molecular formula is C15H16ClN3OS. The molecule has 1 N–H and O–H groups in total. The molecular weight excluding hydrogens is 306 g/mol. The molecule has 0 spiro atoms. The molecule has 0 saturated heterocycles. The zero-order valence-corrected chi connectivity index (χ0v) is 13.3. The lowest BCUT2D eigenvalue weighted by Crippen LogP contribution is -2.36. The van der Waals surface area contributed by atoms with Crippen molar-refractivity contribution in [2.75, 3.05) is 18.4 Å². The summed E-state index contributed by atoms with van der Waals surface area (Å²) >= 11 is 7.91. The minimum atomic E-state index is -0.100. The highest BCUT2D eigenvalue weighted by Gasteiger charge is 2.25. The molecule has 21 heavy (non-hydrogen) atoms. The fraction of sp³-hybridized carbons (Fsp3) is 0.333. The van der Waals surface area contributed by atoms with E-state index in [9.17, 15) is 4.79 Å². The number of pyridine rings is 1. The van der Waals surface area contributed by atoms with Crippen LogP contribution in [0.5, 0.6) is 0 Å². The van der Waals surface area contributed by atoms with Crippen molar-refractivity contribution in [3.63, 3.8) is 0 Å². The van der Waals surface area contributed by atoms with Gasteiger partial charge in [0.15, 0.2) is 0 Å². The number of anilines is 1. The van der Waals surface area contributed by atoms with E-state index in [1.807, 2.05) is 11.8 Å². The van der Waals surface area contributed by atoms with Crippen LogP contribution in [0.4, 0.5) is 5.82 Å². The van der Waals surface area contributed by atoms with Crippen LogP contribution in [0.1, 0.15) is 27.9 Å². The Morgan fingerprint density at radius 1 is 1.48 bits per heavy atom. The fourth-order valence-corrected chi connectivity index (χ4v) is 3.52. The molecule has 6 heteroatoms. The van der Waals surface area contributed by atoms with Gasteiger partial charge in [0.2, 0.25) is 0 Å². The SMILES string of the molecule is CCNc1ccc(Cl)c(C(=O)N2CCc3sccc3C2)n1. The van der Waals surface area contributed by atoms with E-state index in [1.54, 1.807) is 23.5 Å². The molecule has 3 rings (SSSR count). The van der Waals surface area contributed by atoms with E-state index in [-0.39, 0.29) is 5.91 Å². The molecule has 4 nitrogen and oxygen atoms in total. The normalized spacial score (nSPS) is 13.9. The molecule has 2 aromatic rings. The molecule has 0 saturated carbocycles. The Morgan fingerprint density at radius 3 is 3.14 bits per heavy atom. The van der Waals surface area contributed by atoms with Gasteiger partial charge >= 0.3 is 0 Å². The largest absolute Gasteiger partial charge is 0.370 e. The van der Waals surface area contributed by atoms with Gasteiger partial charge in [0, 0.05) is 24.5 Å². The summed E-state index contributed by atoms with van der Waals surface area (Å²) in [5.41, 5.74) is 1.56. The lowest BCUT2D eigenvalue weighted by molar-refractivity contribution is 0.0730. The Kier molecular flexibility index (Phi) is 4.12. The molecule has 0 fully saturated rings. The lowest BCUT2D eigenvalue weighted by atomic mass is 10.1. The van der Waals surface area contributed by atoms with E-state index in [0.717, 1.165) is 19.5 Å². The van der Waals surface area contributed by atoms with Gasteiger partial charge in [-0.2, -0.15) is 0 Å². The van der Waals surface area contributed by atoms with Crippen molar-refractivity contribution in [3.8, 4) is 0 Å². The molecule has 2 aromatic heterocycles. The van der Waals surface area contributed by atoms with E-state index in [4.69, 9.17) is 11.6 Å². The molecule has 110 valence electrons. The number of hydrogen-bond donors (Lipinski definition) is 1. The zero-order valence-electron chi connectivity index (χ0n) is 11.7. The topological polar surface area (TPSA) is 45.2 Å². The summed E-state index contributed by atoms with van der Waals surface area (Å²) in [5.74, 6) is 0.579. The van der Waals surface area contributed by atoms with Gasteiger partial charge in [0.05, 0.1) is 5.02 Å². The van der Waals surface area contributed by atoms with Gasteiger partial charge in [-0.25, -0.2) is 4.98 Å². The van der Waals surface area contributed by atoms with Crippen LogP contribution in [0.2, 0.25) is 5.02 Å². The monoisotopic (exact) mass is 321 g/mol. The molecule has 3 heterocycles. The highest BCUT2D eigenvalue weighted by molar-refractivity contribution is 7.10. The lowest BCUT2D eigenvalue weighted by Gasteiger charge is -2.27. The molecule has 0 unspecified atom stereocenters. The second-order valence-corrected chi connectivity index (χ2v) is 6.31. The fourth-order valence-electron chi connectivity index (χ4n) is 2.44. The third-order valence-corrected chi connectivity index (χ3v) is 4.83. The van der Waals surface area contributed by atoms with E-state index >= 15 is 0 Å². The zero-order chi connectivity index (χ0) is 14.8. The predicted octanol–water partition coefficient (Wildman–Crippen LogP) is 3.43. The number of nitrogens with one attached hydrogen (secondary N) is 1. The van der Waals surface area contributed by atoms with Gasteiger partial charge in [-0.05, 0) is 42.5 Å². The summed E-state index contributed by atoms with van der Waals surface area (Å²) < 4.78 is 0. The maximum absolute atomic E-state index is 12.7. The first-order valence-electron chi connectivity index (χ1n) is 6.94. The van der Waals surface area contributed by atoms with Crippen molar-refractivity contribution < 1.29 is 4.79 Å². The Morgan fingerprint density at radius 2 is 2.33 bits per heavy atom. The molecule has 0 radical (unpaired) electrons. The summed E-state index contributed by atoms with van der Waals surface area (Å²) in [6.07, 6.45) is 0.906. The average molecular weight is 322 g/mol. The first kappa shape index (κ1) is 14.4. The third-order valence-electron chi connectivity index (χ3n) is 3.50. The van der Waals surface area contributed by atoms with Crippen molar-refractivity contribution >= 4 is 34.7 Å². The van der Waals surface area contributed by atoms with Crippen LogP contribution >= 0.6 is 22.9 Å². The van der Waals surface area contributed by atoms with Gasteiger partial charge in [0.1, 0.15) is 11.5 Å². The van der Waals surface area contributed by atoms with Crippen molar-refractivity contribution in [2.24, 2.45) is 0 Å². The van der Waals surface area contributed by atoms with Crippen LogP contribution in [-0.4, -0.2) is 28.9 Å². The molecule has 0 bridgehead atoms. The molecule has 1 aliphatic rings. The quantitative estimate of drug-likeness (QED) is 0.942. The van der Waals surface area contributed by atoms with Crippen LogP contribution in [0, 0.1) is 0 Å². The molecule has 0 aliphatic carbocycles. The summed E-state index contributed by atoms with van der Waals surface area (Å²) in [5, 5.41) is 5.59. The number of carbonyl (C=O) groups excluding carboxylic acids is 1. The van der Waals surface area contributed by atoms with Gasteiger partial charge in [0.25, 0.3) is 5.91 Å². The number of amides is 1. The number of nitrogens with zero attached hydrogens (tertiary/aromatic N) is 2. The maximum atomic E-state index is 12.7. The van der Waals surface area contributed by atoms with Gasteiger partial charge < -0.3 is 10.2 Å². The molecule has 0 atom stereocenters. The Bertz CT molecular complexity index is 671. The number of carbonyl (C=O) groups is 1. The van der Waals surface area contributed by atoms with E-state index in [2.05, 4.69) is 21.7 Å². The number of thiophene rings is 1. The summed E-state index contributed by atoms with van der Waals surface area (Å²) in [7, 11) is 0. The number of aromatic nitrogens is 1. The van der Waals surface area contributed by atoms with Crippen molar-refractivity contribution in [3.05, 3.63) is 44.7 Å². The van der Waals surface area contributed by atoms with Gasteiger partial charge in [-0.15, -0.1) is 11.3 Å². The Labute approximate surface area is 132 Å². The molecule has 1 aliphatic heterocycles. The van der Waals surface area contributed by atoms with Crippen LogP contribution in [0.25, 0.3) is 0 Å². The van der Waals surface area contributed by atoms with Crippen LogP contribution < -0.4 is 5.32 Å². The maximum Gasteiger partial charge on any atom is 0.274 e. The van der Waals surface area contributed by atoms with Crippen molar-refractivity contribution in [1.82, 2.24) is 9.88 Å². The minimum Gasteiger partial charge on any atom is -0.370 e. The number of rotatable bonds is 3. The van der Waals surface area contributed by atoms with Gasteiger partial charge in [-0.3, -0.25) is 4.79 Å². The van der Waals surface area contributed by atoms with Crippen LogP contribution in [0.3, 0.4) is 0 Å². The van der Waals surface area contributed by atoms with Crippen molar-refractivity contribution in [1.29, 1.82) is 0 Å². The second-order valence-electron chi connectivity index (χ2n) is 4.90. The highest BCUT2D eigenvalue weighted by atomic mass is 35.5. The van der Waals surface area contributed by atoms with Crippen LogP contribution in [0.15, 0.2) is 23.6 Å². The first-order chi connectivity index (χ1) is 10.2. The standard InChI is InChI=1S/C15H16ClN3OS/c1-2-17-13-4-3-11(16)14(18-13)15(20)19-7-5-12-10(9-19)6-8-21-12/h3-4,6,8H,2,5,7,9H2,1H3,(H,17,18). The Hall–Kier alpha value is -1.59. The minimum absolute atomic E-state index is 0.100.